The lowest BCUT2D eigenvalue weighted by molar-refractivity contribution is 0.596. The Labute approximate surface area is 168 Å². The topological polar surface area (TPSA) is 84.3 Å². The van der Waals surface area contributed by atoms with E-state index in [4.69, 9.17) is 0 Å². The molecule has 1 aromatic heterocycles. The summed E-state index contributed by atoms with van der Waals surface area (Å²) in [4.78, 5) is 9.30. The first-order chi connectivity index (χ1) is 14.0. The van der Waals surface area contributed by atoms with Crippen molar-refractivity contribution in [2.75, 3.05) is 5.43 Å². The Morgan fingerprint density at radius 2 is 1.48 bits per heavy atom. The normalized spacial score (nSPS) is 11.8. The van der Waals surface area contributed by atoms with Crippen molar-refractivity contribution in [3.8, 4) is 0 Å². The SMILES string of the molecule is Cc1ccc(S(=O)(=O)c2ccc(N/N=C\c3cnc4ccccc4n3)cc2)cc1. The highest BCUT2D eigenvalue weighted by Crippen LogP contribution is 2.22. The summed E-state index contributed by atoms with van der Waals surface area (Å²) in [7, 11) is -3.54. The molecule has 0 aliphatic carbocycles. The molecule has 0 radical (unpaired) electrons. The summed E-state index contributed by atoms with van der Waals surface area (Å²) in [6, 6.07) is 20.9. The zero-order valence-corrected chi connectivity index (χ0v) is 16.5. The number of rotatable bonds is 5. The first kappa shape index (κ1) is 18.8. The summed E-state index contributed by atoms with van der Waals surface area (Å²) >= 11 is 0. The Balaban J connectivity index is 1.47. The Kier molecular flexibility index (Phi) is 5.05. The molecule has 0 fully saturated rings. The first-order valence-corrected chi connectivity index (χ1v) is 10.4. The van der Waals surface area contributed by atoms with Crippen molar-refractivity contribution in [1.29, 1.82) is 0 Å². The van der Waals surface area contributed by atoms with Crippen LogP contribution in [0.25, 0.3) is 11.0 Å². The van der Waals surface area contributed by atoms with Crippen LogP contribution >= 0.6 is 0 Å². The van der Waals surface area contributed by atoms with E-state index < -0.39 is 9.84 Å². The van der Waals surface area contributed by atoms with Crippen molar-refractivity contribution >= 4 is 32.8 Å². The third kappa shape index (κ3) is 4.14. The van der Waals surface area contributed by atoms with Crippen LogP contribution in [0.2, 0.25) is 0 Å². The van der Waals surface area contributed by atoms with Gasteiger partial charge in [-0.1, -0.05) is 29.8 Å². The molecule has 0 amide bonds. The van der Waals surface area contributed by atoms with E-state index in [-0.39, 0.29) is 9.79 Å². The standard InChI is InChI=1S/C22H18N4O2S/c1-16-6-10-19(11-7-16)29(27,28)20-12-8-17(9-13-20)26-24-15-18-14-23-21-4-2-3-5-22(21)25-18/h2-15,26H,1H3/b24-15-. The fourth-order valence-corrected chi connectivity index (χ4v) is 4.03. The quantitative estimate of drug-likeness (QED) is 0.399. The number of hydrogen-bond acceptors (Lipinski definition) is 6. The third-order valence-electron chi connectivity index (χ3n) is 4.35. The predicted octanol–water partition coefficient (Wildman–Crippen LogP) is 4.22. The molecule has 0 aliphatic heterocycles. The number of hydrogen-bond donors (Lipinski definition) is 1. The summed E-state index contributed by atoms with van der Waals surface area (Å²) < 4.78 is 25.4. The van der Waals surface area contributed by atoms with Crippen molar-refractivity contribution in [2.24, 2.45) is 5.10 Å². The Morgan fingerprint density at radius 3 is 2.17 bits per heavy atom. The molecule has 0 saturated carbocycles. The van der Waals surface area contributed by atoms with Crippen LogP contribution in [0.1, 0.15) is 11.3 Å². The van der Waals surface area contributed by atoms with E-state index in [9.17, 15) is 8.42 Å². The Hall–Kier alpha value is -3.58. The van der Waals surface area contributed by atoms with E-state index in [0.29, 0.717) is 11.4 Å². The van der Waals surface area contributed by atoms with Gasteiger partial charge in [-0.25, -0.2) is 13.4 Å². The molecule has 29 heavy (non-hydrogen) atoms. The molecular formula is C22H18N4O2S. The molecule has 0 unspecified atom stereocenters. The van der Waals surface area contributed by atoms with Gasteiger partial charge in [0.2, 0.25) is 9.84 Å². The van der Waals surface area contributed by atoms with Gasteiger partial charge in [-0.15, -0.1) is 0 Å². The second kappa shape index (κ2) is 7.81. The van der Waals surface area contributed by atoms with Crippen molar-refractivity contribution in [3.63, 3.8) is 0 Å². The van der Waals surface area contributed by atoms with E-state index in [1.54, 1.807) is 60.9 Å². The zero-order chi connectivity index (χ0) is 20.3. The number of nitrogens with one attached hydrogen (secondary N) is 1. The maximum atomic E-state index is 12.7. The molecule has 4 aromatic rings. The van der Waals surface area contributed by atoms with Crippen molar-refractivity contribution in [2.45, 2.75) is 16.7 Å². The third-order valence-corrected chi connectivity index (χ3v) is 6.14. The van der Waals surface area contributed by atoms with E-state index in [2.05, 4.69) is 20.5 Å². The van der Waals surface area contributed by atoms with Gasteiger partial charge in [-0.3, -0.25) is 10.4 Å². The number of para-hydroxylation sites is 2. The second-order valence-electron chi connectivity index (χ2n) is 6.49. The number of sulfone groups is 1. The Morgan fingerprint density at radius 1 is 0.862 bits per heavy atom. The lowest BCUT2D eigenvalue weighted by atomic mass is 10.2. The van der Waals surface area contributed by atoms with Gasteiger partial charge in [0, 0.05) is 0 Å². The largest absolute Gasteiger partial charge is 0.278 e. The summed E-state index contributed by atoms with van der Waals surface area (Å²) in [5, 5.41) is 4.15. The molecule has 0 spiro atoms. The number of benzene rings is 3. The van der Waals surface area contributed by atoms with Crippen molar-refractivity contribution < 1.29 is 8.42 Å². The van der Waals surface area contributed by atoms with Crippen LogP contribution in [-0.4, -0.2) is 24.6 Å². The van der Waals surface area contributed by atoms with E-state index in [1.807, 2.05) is 31.2 Å². The van der Waals surface area contributed by atoms with Crippen LogP contribution in [-0.2, 0) is 9.84 Å². The summed E-state index contributed by atoms with van der Waals surface area (Å²) in [6.45, 7) is 1.92. The number of aryl methyl sites for hydroxylation is 1. The second-order valence-corrected chi connectivity index (χ2v) is 8.44. The number of nitrogens with zero attached hydrogens (tertiary/aromatic N) is 3. The van der Waals surface area contributed by atoms with Gasteiger partial charge in [0.25, 0.3) is 0 Å². The molecule has 0 saturated heterocycles. The van der Waals surface area contributed by atoms with Crippen LogP contribution in [0, 0.1) is 6.92 Å². The van der Waals surface area contributed by atoms with Gasteiger partial charge < -0.3 is 0 Å². The molecule has 0 aliphatic rings. The van der Waals surface area contributed by atoms with Gasteiger partial charge in [0.1, 0.15) is 5.69 Å². The van der Waals surface area contributed by atoms with Gasteiger partial charge in [0.15, 0.2) is 0 Å². The molecule has 1 N–H and O–H groups in total. The molecular weight excluding hydrogens is 384 g/mol. The van der Waals surface area contributed by atoms with Crippen molar-refractivity contribution in [1.82, 2.24) is 9.97 Å². The summed E-state index contributed by atoms with van der Waals surface area (Å²) in [5.74, 6) is 0. The number of anilines is 1. The summed E-state index contributed by atoms with van der Waals surface area (Å²) in [5.41, 5.74) is 6.79. The molecule has 0 atom stereocenters. The fourth-order valence-electron chi connectivity index (χ4n) is 2.77. The minimum Gasteiger partial charge on any atom is -0.278 e. The predicted molar refractivity (Wildman–Crippen MR) is 114 cm³/mol. The van der Waals surface area contributed by atoms with Crippen LogP contribution < -0.4 is 5.43 Å². The molecule has 144 valence electrons. The Bertz CT molecular complexity index is 1280. The molecule has 7 heteroatoms. The zero-order valence-electron chi connectivity index (χ0n) is 15.6. The smallest absolute Gasteiger partial charge is 0.206 e. The van der Waals surface area contributed by atoms with Crippen LogP contribution in [0.15, 0.2) is 93.9 Å². The number of aromatic nitrogens is 2. The highest BCUT2D eigenvalue weighted by atomic mass is 32.2. The molecule has 4 rings (SSSR count). The molecule has 6 nitrogen and oxygen atoms in total. The monoisotopic (exact) mass is 402 g/mol. The van der Waals surface area contributed by atoms with Gasteiger partial charge >= 0.3 is 0 Å². The lowest BCUT2D eigenvalue weighted by Gasteiger charge is -2.06. The van der Waals surface area contributed by atoms with Gasteiger partial charge in [-0.2, -0.15) is 5.10 Å². The lowest BCUT2D eigenvalue weighted by Crippen LogP contribution is -2.02. The van der Waals surface area contributed by atoms with E-state index >= 15 is 0 Å². The first-order valence-electron chi connectivity index (χ1n) is 8.95. The average Bonchev–Trinajstić information content (AvgIpc) is 2.74. The maximum absolute atomic E-state index is 12.7. The van der Waals surface area contributed by atoms with E-state index in [1.165, 1.54) is 0 Å². The fraction of sp³-hybridized carbons (Fsp3) is 0.0455. The van der Waals surface area contributed by atoms with Crippen LogP contribution in [0.4, 0.5) is 5.69 Å². The van der Waals surface area contributed by atoms with E-state index in [0.717, 1.165) is 16.6 Å². The van der Waals surface area contributed by atoms with Crippen LogP contribution in [0.5, 0.6) is 0 Å². The molecule has 0 bridgehead atoms. The average molecular weight is 402 g/mol. The van der Waals surface area contributed by atoms with Crippen LogP contribution in [0.3, 0.4) is 0 Å². The highest BCUT2D eigenvalue weighted by Gasteiger charge is 2.17. The minimum atomic E-state index is -3.54. The number of fused-ring (bicyclic) bond motifs is 1. The van der Waals surface area contributed by atoms with Crippen molar-refractivity contribution in [3.05, 3.63) is 90.3 Å². The minimum absolute atomic E-state index is 0.233. The molecule has 1 heterocycles. The molecule has 3 aromatic carbocycles. The maximum Gasteiger partial charge on any atom is 0.206 e. The number of hydrazone groups is 1. The van der Waals surface area contributed by atoms with Gasteiger partial charge in [-0.05, 0) is 55.5 Å². The highest BCUT2D eigenvalue weighted by molar-refractivity contribution is 7.91. The summed E-state index contributed by atoms with van der Waals surface area (Å²) in [6.07, 6.45) is 3.21. The van der Waals surface area contributed by atoms with Gasteiger partial charge in [0.05, 0.1) is 38.9 Å².